The number of rotatable bonds is 6. The first-order chi connectivity index (χ1) is 8.11. The van der Waals surface area contributed by atoms with Gasteiger partial charge in [-0.2, -0.15) is 0 Å². The van der Waals surface area contributed by atoms with Gasteiger partial charge in [0.2, 0.25) is 5.91 Å². The molecule has 1 rings (SSSR count). The summed E-state index contributed by atoms with van der Waals surface area (Å²) in [6, 6.07) is 0.296. The fraction of sp³-hybridized carbons (Fsp3) is 0.923. The number of carbonyl (C=O) groups is 1. The molecule has 0 aromatic carbocycles. The summed E-state index contributed by atoms with van der Waals surface area (Å²) in [4.78, 5) is 11.6. The van der Waals surface area contributed by atoms with Crippen molar-refractivity contribution in [2.75, 3.05) is 13.2 Å². The Balaban J connectivity index is 2.10. The molecule has 0 atom stereocenters. The first kappa shape index (κ1) is 14.5. The zero-order valence-corrected chi connectivity index (χ0v) is 10.9. The lowest BCUT2D eigenvalue weighted by Gasteiger charge is -2.28. The van der Waals surface area contributed by atoms with Crippen molar-refractivity contribution in [3.63, 3.8) is 0 Å². The van der Waals surface area contributed by atoms with Crippen LogP contribution in [0.2, 0.25) is 0 Å². The molecule has 0 unspecified atom stereocenters. The molecule has 1 aliphatic rings. The molecule has 17 heavy (non-hydrogen) atoms. The van der Waals surface area contributed by atoms with Crippen molar-refractivity contribution in [3.8, 4) is 0 Å². The molecule has 0 aliphatic heterocycles. The summed E-state index contributed by atoms with van der Waals surface area (Å²) in [6.45, 7) is 4.71. The van der Waals surface area contributed by atoms with Crippen LogP contribution in [0.25, 0.3) is 0 Å². The SMILES string of the molecule is CC(C)OCCC(=O)NC1CCC(CO)CC1. The van der Waals surface area contributed by atoms with Gasteiger partial charge in [-0.05, 0) is 45.4 Å². The number of amides is 1. The average molecular weight is 243 g/mol. The summed E-state index contributed by atoms with van der Waals surface area (Å²) in [5.74, 6) is 0.519. The fourth-order valence-corrected chi connectivity index (χ4v) is 2.18. The largest absolute Gasteiger partial charge is 0.396 e. The lowest BCUT2D eigenvalue weighted by Crippen LogP contribution is -2.38. The van der Waals surface area contributed by atoms with Gasteiger partial charge < -0.3 is 15.2 Å². The van der Waals surface area contributed by atoms with Gasteiger partial charge in [-0.15, -0.1) is 0 Å². The second-order valence-corrected chi connectivity index (χ2v) is 5.14. The lowest BCUT2D eigenvalue weighted by molar-refractivity contribution is -0.123. The van der Waals surface area contributed by atoms with Crippen LogP contribution in [0.5, 0.6) is 0 Å². The van der Waals surface area contributed by atoms with Crippen LogP contribution in [0.3, 0.4) is 0 Å². The topological polar surface area (TPSA) is 58.6 Å². The van der Waals surface area contributed by atoms with E-state index in [1.807, 2.05) is 13.8 Å². The van der Waals surface area contributed by atoms with Gasteiger partial charge in [0.25, 0.3) is 0 Å². The van der Waals surface area contributed by atoms with E-state index in [1.54, 1.807) is 0 Å². The summed E-state index contributed by atoms with van der Waals surface area (Å²) in [5, 5.41) is 12.1. The third-order valence-electron chi connectivity index (χ3n) is 3.25. The van der Waals surface area contributed by atoms with E-state index in [0.717, 1.165) is 25.7 Å². The highest BCUT2D eigenvalue weighted by atomic mass is 16.5. The smallest absolute Gasteiger partial charge is 0.222 e. The Hall–Kier alpha value is -0.610. The zero-order valence-electron chi connectivity index (χ0n) is 10.9. The molecule has 0 saturated heterocycles. The van der Waals surface area contributed by atoms with Crippen LogP contribution in [0, 0.1) is 5.92 Å². The molecule has 0 bridgehead atoms. The minimum atomic E-state index is 0.0816. The van der Waals surface area contributed by atoms with Gasteiger partial charge in [0, 0.05) is 19.1 Å². The molecule has 1 aliphatic carbocycles. The van der Waals surface area contributed by atoms with Gasteiger partial charge in [0.1, 0.15) is 0 Å². The van der Waals surface area contributed by atoms with Crippen molar-refractivity contribution in [3.05, 3.63) is 0 Å². The van der Waals surface area contributed by atoms with Gasteiger partial charge in [-0.25, -0.2) is 0 Å². The van der Waals surface area contributed by atoms with Crippen molar-refractivity contribution >= 4 is 5.91 Å². The Labute approximate surface area is 104 Å². The van der Waals surface area contributed by atoms with E-state index >= 15 is 0 Å². The van der Waals surface area contributed by atoms with E-state index in [9.17, 15) is 4.79 Å². The number of carbonyl (C=O) groups excluding carboxylic acids is 1. The summed E-state index contributed by atoms with van der Waals surface area (Å²) in [6.07, 6.45) is 4.64. The Morgan fingerprint density at radius 3 is 2.53 bits per heavy atom. The second kappa shape index (κ2) is 7.67. The molecule has 4 nitrogen and oxygen atoms in total. The predicted octanol–water partition coefficient (Wildman–Crippen LogP) is 1.47. The van der Waals surface area contributed by atoms with Crippen LogP contribution in [-0.2, 0) is 9.53 Å². The Kier molecular flexibility index (Phi) is 6.52. The lowest BCUT2D eigenvalue weighted by atomic mass is 9.86. The third-order valence-corrected chi connectivity index (χ3v) is 3.25. The molecule has 0 aromatic heterocycles. The van der Waals surface area contributed by atoms with Crippen LogP contribution < -0.4 is 5.32 Å². The third kappa shape index (κ3) is 6.03. The van der Waals surface area contributed by atoms with E-state index in [4.69, 9.17) is 9.84 Å². The maximum atomic E-state index is 11.6. The first-order valence-corrected chi connectivity index (χ1v) is 6.63. The molecule has 4 heteroatoms. The number of aliphatic hydroxyl groups excluding tert-OH is 1. The van der Waals surface area contributed by atoms with Crippen LogP contribution in [-0.4, -0.2) is 36.4 Å². The minimum Gasteiger partial charge on any atom is -0.396 e. The number of ether oxygens (including phenoxy) is 1. The van der Waals surface area contributed by atoms with Crippen molar-refractivity contribution < 1.29 is 14.6 Å². The average Bonchev–Trinajstić information content (AvgIpc) is 2.29. The van der Waals surface area contributed by atoms with E-state index < -0.39 is 0 Å². The molecular weight excluding hydrogens is 218 g/mol. The van der Waals surface area contributed by atoms with E-state index in [1.165, 1.54) is 0 Å². The van der Waals surface area contributed by atoms with Gasteiger partial charge in [0.05, 0.1) is 12.7 Å². The fourth-order valence-electron chi connectivity index (χ4n) is 2.18. The maximum Gasteiger partial charge on any atom is 0.222 e. The first-order valence-electron chi connectivity index (χ1n) is 6.63. The second-order valence-electron chi connectivity index (χ2n) is 5.14. The summed E-state index contributed by atoms with van der Waals surface area (Å²) in [5.41, 5.74) is 0. The molecule has 2 N–H and O–H groups in total. The van der Waals surface area contributed by atoms with Gasteiger partial charge in [-0.1, -0.05) is 0 Å². The van der Waals surface area contributed by atoms with E-state index in [0.29, 0.717) is 25.0 Å². The van der Waals surface area contributed by atoms with Gasteiger partial charge >= 0.3 is 0 Å². The van der Waals surface area contributed by atoms with Gasteiger partial charge in [0.15, 0.2) is 0 Å². The molecule has 1 amide bonds. The predicted molar refractivity (Wildman–Crippen MR) is 66.7 cm³/mol. The standard InChI is InChI=1S/C13H25NO3/c1-10(2)17-8-7-13(16)14-12-5-3-11(9-15)4-6-12/h10-12,15H,3-9H2,1-2H3,(H,14,16). The summed E-state index contributed by atoms with van der Waals surface area (Å²) < 4.78 is 5.34. The molecule has 1 fully saturated rings. The Bertz CT molecular complexity index is 223. The number of hydrogen-bond donors (Lipinski definition) is 2. The van der Waals surface area contributed by atoms with Crippen LogP contribution >= 0.6 is 0 Å². The highest BCUT2D eigenvalue weighted by Crippen LogP contribution is 2.23. The van der Waals surface area contributed by atoms with Crippen molar-refractivity contribution in [2.45, 2.75) is 58.1 Å². The normalized spacial score (nSPS) is 24.9. The van der Waals surface area contributed by atoms with Crippen molar-refractivity contribution in [1.82, 2.24) is 5.32 Å². The monoisotopic (exact) mass is 243 g/mol. The molecule has 0 aromatic rings. The van der Waals surface area contributed by atoms with E-state index in [2.05, 4.69) is 5.32 Å². The van der Waals surface area contributed by atoms with Crippen LogP contribution in [0.1, 0.15) is 46.0 Å². The highest BCUT2D eigenvalue weighted by molar-refractivity contribution is 5.76. The van der Waals surface area contributed by atoms with Gasteiger partial charge in [-0.3, -0.25) is 4.79 Å². The van der Waals surface area contributed by atoms with Crippen molar-refractivity contribution in [2.24, 2.45) is 5.92 Å². The Morgan fingerprint density at radius 1 is 1.35 bits per heavy atom. The molecule has 0 spiro atoms. The quantitative estimate of drug-likeness (QED) is 0.742. The molecule has 0 heterocycles. The molecule has 0 radical (unpaired) electrons. The zero-order chi connectivity index (χ0) is 12.7. The van der Waals surface area contributed by atoms with E-state index in [-0.39, 0.29) is 18.6 Å². The molecule has 100 valence electrons. The minimum absolute atomic E-state index is 0.0816. The van der Waals surface area contributed by atoms with Crippen LogP contribution in [0.4, 0.5) is 0 Å². The number of nitrogens with one attached hydrogen (secondary N) is 1. The summed E-state index contributed by atoms with van der Waals surface area (Å²) in [7, 11) is 0. The number of hydrogen-bond acceptors (Lipinski definition) is 3. The highest BCUT2D eigenvalue weighted by Gasteiger charge is 2.21. The maximum absolute atomic E-state index is 11.6. The Morgan fingerprint density at radius 2 is 2.00 bits per heavy atom. The number of aliphatic hydroxyl groups is 1. The molecular formula is C13H25NO3. The van der Waals surface area contributed by atoms with Crippen molar-refractivity contribution in [1.29, 1.82) is 0 Å². The molecule has 1 saturated carbocycles. The van der Waals surface area contributed by atoms with Crippen LogP contribution in [0.15, 0.2) is 0 Å². The summed E-state index contributed by atoms with van der Waals surface area (Å²) >= 11 is 0.